The van der Waals surface area contributed by atoms with Crippen LogP contribution in [0.15, 0.2) is 0 Å². The monoisotopic (exact) mass is 227 g/mol. The number of piperidine rings is 1. The Hall–Kier alpha value is -0.0800. The Balaban J connectivity index is 0.000000181. The molecule has 0 aromatic heterocycles. The SMILES string of the molecule is C1CCNCC1.COC1CC(C)CCC1C. The third kappa shape index (κ3) is 5.31. The van der Waals surface area contributed by atoms with Crippen molar-refractivity contribution >= 4 is 0 Å². The maximum atomic E-state index is 5.37. The molecule has 2 heteroatoms. The molecule has 0 aromatic carbocycles. The molecule has 1 heterocycles. The molecule has 2 fully saturated rings. The summed E-state index contributed by atoms with van der Waals surface area (Å²) in [5.74, 6) is 1.65. The van der Waals surface area contributed by atoms with Gasteiger partial charge in [0.2, 0.25) is 0 Å². The van der Waals surface area contributed by atoms with E-state index in [4.69, 9.17) is 4.74 Å². The second-order valence-corrected chi connectivity index (χ2v) is 5.48. The van der Waals surface area contributed by atoms with E-state index >= 15 is 0 Å². The van der Waals surface area contributed by atoms with Crippen LogP contribution in [0.3, 0.4) is 0 Å². The Morgan fingerprint density at radius 3 is 2.06 bits per heavy atom. The van der Waals surface area contributed by atoms with Crippen molar-refractivity contribution in [2.24, 2.45) is 11.8 Å². The number of rotatable bonds is 1. The second-order valence-electron chi connectivity index (χ2n) is 5.48. The van der Waals surface area contributed by atoms with E-state index < -0.39 is 0 Å². The first-order valence-electron chi connectivity index (χ1n) is 6.97. The summed E-state index contributed by atoms with van der Waals surface area (Å²) in [6, 6.07) is 0. The summed E-state index contributed by atoms with van der Waals surface area (Å²) in [5, 5.41) is 3.28. The molecule has 96 valence electrons. The van der Waals surface area contributed by atoms with Gasteiger partial charge >= 0.3 is 0 Å². The lowest BCUT2D eigenvalue weighted by atomic mass is 9.82. The number of nitrogens with one attached hydrogen (secondary N) is 1. The zero-order chi connectivity index (χ0) is 11.8. The summed E-state index contributed by atoms with van der Waals surface area (Å²) in [5.41, 5.74) is 0. The molecule has 1 aliphatic heterocycles. The standard InChI is InChI=1S/C9H18O.C5H11N/c1-7-4-5-8(2)9(6-7)10-3;1-2-4-6-5-3-1/h7-9H,4-6H2,1-3H3;6H,1-5H2. The first-order chi connectivity index (χ1) is 7.74. The van der Waals surface area contributed by atoms with Gasteiger partial charge in [0.05, 0.1) is 6.10 Å². The van der Waals surface area contributed by atoms with Crippen molar-refractivity contribution in [3.63, 3.8) is 0 Å². The van der Waals surface area contributed by atoms with Gasteiger partial charge in [0.1, 0.15) is 0 Å². The predicted molar refractivity (Wildman–Crippen MR) is 69.7 cm³/mol. The van der Waals surface area contributed by atoms with Crippen LogP contribution >= 0.6 is 0 Å². The number of ether oxygens (including phenoxy) is 1. The molecule has 16 heavy (non-hydrogen) atoms. The van der Waals surface area contributed by atoms with Gasteiger partial charge in [-0.25, -0.2) is 0 Å². The normalized spacial score (nSPS) is 35.1. The van der Waals surface area contributed by atoms with Gasteiger partial charge in [-0.2, -0.15) is 0 Å². The molecule has 3 unspecified atom stereocenters. The lowest BCUT2D eigenvalue weighted by molar-refractivity contribution is 0.0148. The van der Waals surface area contributed by atoms with Crippen LogP contribution < -0.4 is 5.32 Å². The molecule has 0 bridgehead atoms. The summed E-state index contributed by atoms with van der Waals surface area (Å²) >= 11 is 0. The third-order valence-corrected chi connectivity index (χ3v) is 3.89. The molecular formula is C14H29NO. The summed E-state index contributed by atoms with van der Waals surface area (Å²) in [7, 11) is 1.83. The summed E-state index contributed by atoms with van der Waals surface area (Å²) in [6.07, 6.45) is 8.74. The van der Waals surface area contributed by atoms with Gasteiger partial charge in [-0.3, -0.25) is 0 Å². The van der Waals surface area contributed by atoms with Crippen LogP contribution in [0.4, 0.5) is 0 Å². The van der Waals surface area contributed by atoms with Crippen molar-refractivity contribution in [3.05, 3.63) is 0 Å². The van der Waals surface area contributed by atoms with Crippen LogP contribution in [0.2, 0.25) is 0 Å². The maximum absolute atomic E-state index is 5.37. The Morgan fingerprint density at radius 1 is 1.00 bits per heavy atom. The molecule has 1 saturated heterocycles. The van der Waals surface area contributed by atoms with E-state index in [1.165, 1.54) is 51.6 Å². The van der Waals surface area contributed by atoms with Crippen LogP contribution in [0.25, 0.3) is 0 Å². The highest BCUT2D eigenvalue weighted by Crippen LogP contribution is 2.29. The number of hydrogen-bond acceptors (Lipinski definition) is 2. The zero-order valence-electron chi connectivity index (χ0n) is 11.3. The summed E-state index contributed by atoms with van der Waals surface area (Å²) < 4.78 is 5.37. The lowest BCUT2D eigenvalue weighted by Gasteiger charge is -2.31. The van der Waals surface area contributed by atoms with Crippen molar-refractivity contribution in [1.82, 2.24) is 5.32 Å². The van der Waals surface area contributed by atoms with Crippen molar-refractivity contribution < 1.29 is 4.74 Å². The van der Waals surface area contributed by atoms with Gasteiger partial charge in [-0.05, 0) is 50.6 Å². The van der Waals surface area contributed by atoms with E-state index in [-0.39, 0.29) is 0 Å². The van der Waals surface area contributed by atoms with Crippen molar-refractivity contribution in [2.75, 3.05) is 20.2 Å². The van der Waals surface area contributed by atoms with Gasteiger partial charge < -0.3 is 10.1 Å². The maximum Gasteiger partial charge on any atom is 0.0599 e. The topological polar surface area (TPSA) is 21.3 Å². The van der Waals surface area contributed by atoms with E-state index in [9.17, 15) is 0 Å². The molecule has 0 radical (unpaired) electrons. The highest BCUT2D eigenvalue weighted by molar-refractivity contribution is 4.75. The van der Waals surface area contributed by atoms with Crippen LogP contribution in [-0.2, 0) is 4.74 Å². The predicted octanol–water partition coefficient (Wildman–Crippen LogP) is 3.22. The van der Waals surface area contributed by atoms with Crippen LogP contribution in [0, 0.1) is 11.8 Å². The van der Waals surface area contributed by atoms with E-state index in [0.29, 0.717) is 6.10 Å². The molecule has 3 atom stereocenters. The Morgan fingerprint density at radius 2 is 1.69 bits per heavy atom. The van der Waals surface area contributed by atoms with E-state index in [1.54, 1.807) is 0 Å². The van der Waals surface area contributed by atoms with Crippen LogP contribution in [0.1, 0.15) is 52.4 Å². The minimum absolute atomic E-state index is 0.531. The van der Waals surface area contributed by atoms with E-state index in [1.807, 2.05) is 7.11 Å². The average Bonchev–Trinajstić information content (AvgIpc) is 2.35. The fourth-order valence-corrected chi connectivity index (χ4v) is 2.61. The van der Waals surface area contributed by atoms with Crippen molar-refractivity contribution in [3.8, 4) is 0 Å². The molecular weight excluding hydrogens is 198 g/mol. The number of methoxy groups -OCH3 is 1. The van der Waals surface area contributed by atoms with Gasteiger partial charge in [0.25, 0.3) is 0 Å². The molecule has 2 nitrogen and oxygen atoms in total. The van der Waals surface area contributed by atoms with Crippen molar-refractivity contribution in [2.45, 2.75) is 58.5 Å². The van der Waals surface area contributed by atoms with Gasteiger partial charge in [-0.1, -0.05) is 26.7 Å². The quantitative estimate of drug-likeness (QED) is 0.742. The molecule has 1 aliphatic carbocycles. The molecule has 0 aromatic rings. The Labute approximate surface area is 101 Å². The first-order valence-corrected chi connectivity index (χ1v) is 6.97. The van der Waals surface area contributed by atoms with Gasteiger partial charge in [0, 0.05) is 7.11 Å². The van der Waals surface area contributed by atoms with Crippen molar-refractivity contribution in [1.29, 1.82) is 0 Å². The summed E-state index contributed by atoms with van der Waals surface area (Å²) in [6.45, 7) is 7.11. The van der Waals surface area contributed by atoms with Crippen LogP contribution in [-0.4, -0.2) is 26.3 Å². The molecule has 1 saturated carbocycles. The summed E-state index contributed by atoms with van der Waals surface area (Å²) in [4.78, 5) is 0. The minimum atomic E-state index is 0.531. The third-order valence-electron chi connectivity index (χ3n) is 3.89. The largest absolute Gasteiger partial charge is 0.381 e. The van der Waals surface area contributed by atoms with Crippen LogP contribution in [0.5, 0.6) is 0 Å². The van der Waals surface area contributed by atoms with E-state index in [0.717, 1.165) is 11.8 Å². The average molecular weight is 227 g/mol. The molecule has 0 spiro atoms. The molecule has 2 aliphatic rings. The Kier molecular flexibility index (Phi) is 7.06. The number of hydrogen-bond donors (Lipinski definition) is 1. The zero-order valence-corrected chi connectivity index (χ0v) is 11.3. The minimum Gasteiger partial charge on any atom is -0.381 e. The van der Waals surface area contributed by atoms with Gasteiger partial charge in [-0.15, -0.1) is 0 Å². The second kappa shape index (κ2) is 8.08. The fourth-order valence-electron chi connectivity index (χ4n) is 2.61. The molecule has 1 N–H and O–H groups in total. The fraction of sp³-hybridized carbons (Fsp3) is 1.00. The Bertz CT molecular complexity index is 157. The first kappa shape index (κ1) is 14.0. The smallest absolute Gasteiger partial charge is 0.0599 e. The molecule has 2 rings (SSSR count). The molecule has 0 amide bonds. The highest BCUT2D eigenvalue weighted by Gasteiger charge is 2.24. The van der Waals surface area contributed by atoms with E-state index in [2.05, 4.69) is 19.2 Å². The highest BCUT2D eigenvalue weighted by atomic mass is 16.5. The van der Waals surface area contributed by atoms with Gasteiger partial charge in [0.15, 0.2) is 0 Å². The lowest BCUT2D eigenvalue weighted by Crippen LogP contribution is -2.27.